The van der Waals surface area contributed by atoms with Crippen LogP contribution in [0.2, 0.25) is 0 Å². The first kappa shape index (κ1) is 12.1. The molecule has 0 radical (unpaired) electrons. The molecule has 0 saturated heterocycles. The van der Waals surface area contributed by atoms with Gasteiger partial charge in [-0.3, -0.25) is 4.79 Å². The average Bonchev–Trinajstić information content (AvgIpc) is 2.89. The van der Waals surface area contributed by atoms with E-state index in [9.17, 15) is 9.18 Å². The Morgan fingerprint density at radius 3 is 3.00 bits per heavy atom. The number of hydrogen-bond donors (Lipinski definition) is 3. The van der Waals surface area contributed by atoms with Crippen LogP contribution in [0.15, 0.2) is 35.3 Å². The molecule has 0 saturated carbocycles. The highest BCUT2D eigenvalue weighted by atomic mass is 19.1. The van der Waals surface area contributed by atoms with Crippen LogP contribution in [0.4, 0.5) is 10.2 Å². The fraction of sp³-hybridized carbons (Fsp3) is 0.0909. The zero-order valence-electron chi connectivity index (χ0n) is 9.31. The van der Waals surface area contributed by atoms with E-state index in [0.29, 0.717) is 0 Å². The molecule has 4 N–H and O–H groups in total. The molecule has 6 nitrogen and oxygen atoms in total. The van der Waals surface area contributed by atoms with E-state index in [2.05, 4.69) is 15.7 Å². The Bertz CT molecular complexity index is 542. The number of nitrogens with zero attached hydrogens (tertiary/aromatic N) is 1. The number of nitrogens with one attached hydrogen (secondary N) is 2. The number of pyridine rings is 1. The number of rotatable bonds is 4. The van der Waals surface area contributed by atoms with E-state index in [1.807, 2.05) is 0 Å². The molecular formula is C11H11FN4O2. The second kappa shape index (κ2) is 5.28. The number of amides is 1. The van der Waals surface area contributed by atoms with Crippen LogP contribution in [0.1, 0.15) is 15.9 Å². The third-order valence-electron chi connectivity index (χ3n) is 2.30. The monoisotopic (exact) mass is 250 g/mol. The van der Waals surface area contributed by atoms with E-state index in [4.69, 9.17) is 10.3 Å². The van der Waals surface area contributed by atoms with E-state index < -0.39 is 11.7 Å². The molecule has 0 fully saturated rings. The minimum Gasteiger partial charge on any atom is -0.472 e. The molecule has 0 spiro atoms. The SMILES string of the molecule is NNc1nccc(C(=O)NCc2ccoc2)c1F. The van der Waals surface area contributed by atoms with Gasteiger partial charge in [-0.15, -0.1) is 0 Å². The first-order chi connectivity index (χ1) is 8.72. The molecule has 0 unspecified atom stereocenters. The van der Waals surface area contributed by atoms with Gasteiger partial charge in [-0.2, -0.15) is 0 Å². The average molecular weight is 250 g/mol. The second-order valence-corrected chi connectivity index (χ2v) is 3.48. The Kier molecular flexibility index (Phi) is 3.54. The van der Waals surface area contributed by atoms with Crippen molar-refractivity contribution in [3.05, 3.63) is 47.8 Å². The zero-order valence-corrected chi connectivity index (χ0v) is 9.31. The first-order valence-corrected chi connectivity index (χ1v) is 5.12. The number of nitrogen functional groups attached to an aromatic ring is 1. The maximum atomic E-state index is 13.7. The minimum atomic E-state index is -0.787. The number of hydrogen-bond acceptors (Lipinski definition) is 5. The Labute approximate surface area is 102 Å². The highest BCUT2D eigenvalue weighted by molar-refractivity contribution is 5.95. The van der Waals surface area contributed by atoms with Gasteiger partial charge in [0, 0.05) is 18.3 Å². The number of hydrazine groups is 1. The van der Waals surface area contributed by atoms with Crippen molar-refractivity contribution >= 4 is 11.7 Å². The third-order valence-corrected chi connectivity index (χ3v) is 2.30. The highest BCUT2D eigenvalue weighted by Gasteiger charge is 2.15. The molecular weight excluding hydrogens is 239 g/mol. The lowest BCUT2D eigenvalue weighted by Crippen LogP contribution is -2.24. The molecule has 0 aromatic carbocycles. The molecule has 2 aromatic heterocycles. The Balaban J connectivity index is 2.09. The first-order valence-electron chi connectivity index (χ1n) is 5.12. The fourth-order valence-electron chi connectivity index (χ4n) is 1.39. The molecule has 94 valence electrons. The van der Waals surface area contributed by atoms with E-state index in [-0.39, 0.29) is 17.9 Å². The van der Waals surface area contributed by atoms with Crippen LogP contribution in [0.25, 0.3) is 0 Å². The molecule has 2 rings (SSSR count). The summed E-state index contributed by atoms with van der Waals surface area (Å²) in [6, 6.07) is 2.98. The third kappa shape index (κ3) is 2.46. The summed E-state index contributed by atoms with van der Waals surface area (Å²) in [6.07, 6.45) is 4.28. The summed E-state index contributed by atoms with van der Waals surface area (Å²) >= 11 is 0. The highest BCUT2D eigenvalue weighted by Crippen LogP contribution is 2.13. The number of aromatic nitrogens is 1. The van der Waals surface area contributed by atoms with Gasteiger partial charge in [0.25, 0.3) is 5.91 Å². The van der Waals surface area contributed by atoms with Crippen molar-refractivity contribution < 1.29 is 13.6 Å². The summed E-state index contributed by atoms with van der Waals surface area (Å²) < 4.78 is 18.6. The number of furan rings is 1. The summed E-state index contributed by atoms with van der Waals surface area (Å²) in [6.45, 7) is 0.252. The standard InChI is InChI=1S/C11H11FN4O2/c12-9-8(1-3-14-10(9)16-13)11(17)15-5-7-2-4-18-6-7/h1-4,6H,5,13H2,(H,14,16)(H,15,17). The van der Waals surface area contributed by atoms with Gasteiger partial charge in [0.15, 0.2) is 11.6 Å². The predicted octanol–water partition coefficient (Wildman–Crippen LogP) is 1.03. The zero-order chi connectivity index (χ0) is 13.0. The lowest BCUT2D eigenvalue weighted by atomic mass is 10.2. The number of halogens is 1. The lowest BCUT2D eigenvalue weighted by Gasteiger charge is -2.07. The van der Waals surface area contributed by atoms with Crippen molar-refractivity contribution in [3.8, 4) is 0 Å². The molecule has 18 heavy (non-hydrogen) atoms. The molecule has 7 heteroatoms. The number of nitrogens with two attached hydrogens (primary N) is 1. The molecule has 0 bridgehead atoms. The van der Waals surface area contributed by atoms with E-state index in [1.165, 1.54) is 24.8 Å². The van der Waals surface area contributed by atoms with Crippen LogP contribution < -0.4 is 16.6 Å². The van der Waals surface area contributed by atoms with Crippen LogP contribution in [0.5, 0.6) is 0 Å². The van der Waals surface area contributed by atoms with Gasteiger partial charge < -0.3 is 15.2 Å². The molecule has 0 aliphatic rings. The molecule has 0 aliphatic heterocycles. The van der Waals surface area contributed by atoms with Crippen molar-refractivity contribution in [2.75, 3.05) is 5.43 Å². The van der Waals surface area contributed by atoms with Crippen LogP contribution >= 0.6 is 0 Å². The summed E-state index contributed by atoms with van der Waals surface area (Å²) in [5.74, 6) is 3.56. The fourth-order valence-corrected chi connectivity index (χ4v) is 1.39. The Hall–Kier alpha value is -2.41. The lowest BCUT2D eigenvalue weighted by molar-refractivity contribution is 0.0947. The maximum Gasteiger partial charge on any atom is 0.254 e. The Morgan fingerprint density at radius 2 is 2.33 bits per heavy atom. The largest absolute Gasteiger partial charge is 0.472 e. The van der Waals surface area contributed by atoms with E-state index in [1.54, 1.807) is 6.07 Å². The Morgan fingerprint density at radius 1 is 1.50 bits per heavy atom. The number of anilines is 1. The van der Waals surface area contributed by atoms with E-state index >= 15 is 0 Å². The maximum absolute atomic E-state index is 13.7. The predicted molar refractivity (Wildman–Crippen MR) is 61.9 cm³/mol. The summed E-state index contributed by atoms with van der Waals surface area (Å²) in [7, 11) is 0. The van der Waals surface area contributed by atoms with E-state index in [0.717, 1.165) is 5.56 Å². The molecule has 0 atom stereocenters. The van der Waals surface area contributed by atoms with Gasteiger partial charge in [0.1, 0.15) is 0 Å². The van der Waals surface area contributed by atoms with Gasteiger partial charge in [0.05, 0.1) is 18.1 Å². The summed E-state index contributed by atoms with van der Waals surface area (Å²) in [5, 5.41) is 2.56. The van der Waals surface area contributed by atoms with Gasteiger partial charge >= 0.3 is 0 Å². The molecule has 2 heterocycles. The van der Waals surface area contributed by atoms with Crippen LogP contribution in [0.3, 0.4) is 0 Å². The number of carbonyl (C=O) groups is 1. The van der Waals surface area contributed by atoms with Crippen molar-refractivity contribution in [2.45, 2.75) is 6.54 Å². The van der Waals surface area contributed by atoms with Crippen molar-refractivity contribution in [1.82, 2.24) is 10.3 Å². The molecule has 1 amide bonds. The number of carbonyl (C=O) groups excluding carboxylic acids is 1. The van der Waals surface area contributed by atoms with Crippen LogP contribution in [0, 0.1) is 5.82 Å². The van der Waals surface area contributed by atoms with Gasteiger partial charge in [-0.05, 0) is 12.1 Å². The quantitative estimate of drug-likeness (QED) is 0.556. The topological polar surface area (TPSA) is 93.2 Å². The van der Waals surface area contributed by atoms with Crippen molar-refractivity contribution in [3.63, 3.8) is 0 Å². The van der Waals surface area contributed by atoms with Crippen molar-refractivity contribution in [2.24, 2.45) is 5.84 Å². The van der Waals surface area contributed by atoms with Crippen LogP contribution in [-0.4, -0.2) is 10.9 Å². The van der Waals surface area contributed by atoms with Gasteiger partial charge in [-0.25, -0.2) is 15.2 Å². The smallest absolute Gasteiger partial charge is 0.254 e. The minimum absolute atomic E-state index is 0.124. The summed E-state index contributed by atoms with van der Waals surface area (Å²) in [4.78, 5) is 15.4. The van der Waals surface area contributed by atoms with Gasteiger partial charge in [-0.1, -0.05) is 0 Å². The molecule has 0 aliphatic carbocycles. The summed E-state index contributed by atoms with van der Waals surface area (Å²) in [5.41, 5.74) is 2.74. The second-order valence-electron chi connectivity index (χ2n) is 3.48. The van der Waals surface area contributed by atoms with Crippen LogP contribution in [-0.2, 0) is 6.54 Å². The van der Waals surface area contributed by atoms with Gasteiger partial charge in [0.2, 0.25) is 0 Å². The van der Waals surface area contributed by atoms with Crippen molar-refractivity contribution in [1.29, 1.82) is 0 Å². The molecule has 2 aromatic rings. The normalized spacial score (nSPS) is 10.1.